The van der Waals surface area contributed by atoms with Crippen molar-refractivity contribution < 1.29 is 17.6 Å². The minimum atomic E-state index is -1.21. The van der Waals surface area contributed by atoms with Crippen LogP contribution >= 0.6 is 0 Å². The van der Waals surface area contributed by atoms with E-state index in [1.165, 1.54) is 6.92 Å². The number of allylic oxidation sites excluding steroid dienone is 4. The second kappa shape index (κ2) is 5.78. The Morgan fingerprint density at radius 3 is 1.77 bits per heavy atom. The van der Waals surface area contributed by atoms with Crippen molar-refractivity contribution in [2.45, 2.75) is 20.3 Å². The van der Waals surface area contributed by atoms with E-state index in [9.17, 15) is 17.6 Å². The Balaban J connectivity index is 4.76. The van der Waals surface area contributed by atoms with Crippen molar-refractivity contribution in [3.05, 3.63) is 22.8 Å². The van der Waals surface area contributed by atoms with Gasteiger partial charge >= 0.3 is 0 Å². The highest BCUT2D eigenvalue weighted by atomic mass is 19.2. The molecular formula is C9H12F4. The van der Waals surface area contributed by atoms with E-state index in [0.29, 0.717) is 0 Å². The summed E-state index contributed by atoms with van der Waals surface area (Å²) in [6.45, 7) is 0.640. The lowest BCUT2D eigenvalue weighted by atomic mass is 10.1. The minimum absolute atomic E-state index is 0.0344. The summed E-state index contributed by atoms with van der Waals surface area (Å²) in [7, 11) is 0. The SMILES string of the molecule is C/C(CF)=C(F)/C(F)=C(/C)CCF. The standard InChI is InChI=1S/C9H12F4/c1-6(3-4-10)8(12)9(13)7(2)5-11/h3-5H2,1-2H3/b8-6+,9-7+. The summed E-state index contributed by atoms with van der Waals surface area (Å²) in [5.41, 5.74) is -0.344. The highest BCUT2D eigenvalue weighted by Crippen LogP contribution is 2.23. The lowest BCUT2D eigenvalue weighted by Crippen LogP contribution is -1.91. The van der Waals surface area contributed by atoms with Crippen LogP contribution in [0.1, 0.15) is 20.3 Å². The molecule has 0 aromatic heterocycles. The molecule has 0 N–H and O–H groups in total. The fourth-order valence-corrected chi connectivity index (χ4v) is 0.685. The van der Waals surface area contributed by atoms with E-state index in [1.807, 2.05) is 0 Å². The Morgan fingerprint density at radius 2 is 1.38 bits per heavy atom. The van der Waals surface area contributed by atoms with Crippen molar-refractivity contribution in [3.8, 4) is 0 Å². The van der Waals surface area contributed by atoms with Crippen molar-refractivity contribution in [3.63, 3.8) is 0 Å². The molecule has 0 saturated carbocycles. The molecule has 0 rings (SSSR count). The van der Waals surface area contributed by atoms with Crippen LogP contribution in [0.15, 0.2) is 22.8 Å². The van der Waals surface area contributed by atoms with Gasteiger partial charge in [-0.25, -0.2) is 13.2 Å². The summed E-state index contributed by atoms with van der Waals surface area (Å²) in [6.07, 6.45) is -0.168. The van der Waals surface area contributed by atoms with Gasteiger partial charge in [0.15, 0.2) is 11.7 Å². The van der Waals surface area contributed by atoms with Crippen LogP contribution in [0.4, 0.5) is 17.6 Å². The first-order valence-electron chi connectivity index (χ1n) is 3.87. The number of halogens is 4. The molecule has 0 aliphatic rings. The molecule has 0 unspecified atom stereocenters. The van der Waals surface area contributed by atoms with Gasteiger partial charge in [0.1, 0.15) is 6.67 Å². The fourth-order valence-electron chi connectivity index (χ4n) is 0.685. The first-order chi connectivity index (χ1) is 6.04. The zero-order chi connectivity index (χ0) is 10.4. The number of hydrogen-bond acceptors (Lipinski definition) is 0. The zero-order valence-corrected chi connectivity index (χ0v) is 7.63. The van der Waals surface area contributed by atoms with Gasteiger partial charge in [-0.15, -0.1) is 0 Å². The maximum Gasteiger partial charge on any atom is 0.160 e. The topological polar surface area (TPSA) is 0 Å². The summed E-state index contributed by atoms with van der Waals surface area (Å²) < 4.78 is 49.4. The fraction of sp³-hybridized carbons (Fsp3) is 0.556. The molecule has 13 heavy (non-hydrogen) atoms. The highest BCUT2D eigenvalue weighted by Gasteiger charge is 2.11. The summed E-state index contributed by atoms with van der Waals surface area (Å²) in [5.74, 6) is -2.36. The molecule has 0 fully saturated rings. The molecule has 0 saturated heterocycles. The number of rotatable bonds is 4. The smallest absolute Gasteiger partial charge is 0.160 e. The minimum Gasteiger partial charge on any atom is -0.251 e. The summed E-state index contributed by atoms with van der Waals surface area (Å²) in [5, 5.41) is 0. The molecule has 0 aliphatic carbocycles. The van der Waals surface area contributed by atoms with Crippen LogP contribution in [0.5, 0.6) is 0 Å². The third-order valence-corrected chi connectivity index (χ3v) is 1.61. The molecule has 0 bridgehead atoms. The Hall–Kier alpha value is -0.800. The molecule has 0 amide bonds. The van der Waals surface area contributed by atoms with Gasteiger partial charge in [0.2, 0.25) is 0 Å². The normalized spacial score (nSPS) is 15.2. The summed E-state index contributed by atoms with van der Waals surface area (Å²) in [6, 6.07) is 0. The van der Waals surface area contributed by atoms with Crippen LogP contribution in [-0.2, 0) is 0 Å². The lowest BCUT2D eigenvalue weighted by molar-refractivity contribution is 0.471. The van der Waals surface area contributed by atoms with E-state index in [1.54, 1.807) is 0 Å². The van der Waals surface area contributed by atoms with E-state index >= 15 is 0 Å². The van der Waals surface area contributed by atoms with E-state index in [-0.39, 0.29) is 17.6 Å². The van der Waals surface area contributed by atoms with Crippen molar-refractivity contribution in [1.29, 1.82) is 0 Å². The summed E-state index contributed by atoms with van der Waals surface area (Å²) >= 11 is 0. The van der Waals surface area contributed by atoms with Gasteiger partial charge in [0.05, 0.1) is 6.67 Å². The molecule has 0 aliphatic heterocycles. The van der Waals surface area contributed by atoms with E-state index in [2.05, 4.69) is 0 Å². The van der Waals surface area contributed by atoms with E-state index in [0.717, 1.165) is 6.92 Å². The third kappa shape index (κ3) is 3.61. The molecule has 0 radical (unpaired) electrons. The second-order valence-corrected chi connectivity index (χ2v) is 2.76. The zero-order valence-electron chi connectivity index (χ0n) is 7.63. The van der Waals surface area contributed by atoms with Crippen molar-refractivity contribution in [1.82, 2.24) is 0 Å². The van der Waals surface area contributed by atoms with E-state index < -0.39 is 25.0 Å². The molecule has 0 spiro atoms. The van der Waals surface area contributed by atoms with Crippen LogP contribution in [-0.4, -0.2) is 13.3 Å². The molecule has 0 nitrogen and oxygen atoms in total. The summed E-state index contributed by atoms with van der Waals surface area (Å²) in [4.78, 5) is 0. The Kier molecular flexibility index (Phi) is 5.42. The van der Waals surface area contributed by atoms with E-state index in [4.69, 9.17) is 0 Å². The van der Waals surface area contributed by atoms with Crippen LogP contribution in [0.2, 0.25) is 0 Å². The maximum absolute atomic E-state index is 12.9. The van der Waals surface area contributed by atoms with Gasteiger partial charge in [-0.05, 0) is 31.4 Å². The first kappa shape index (κ1) is 12.2. The monoisotopic (exact) mass is 196 g/mol. The molecule has 4 heteroatoms. The van der Waals surface area contributed by atoms with Crippen molar-refractivity contribution >= 4 is 0 Å². The molecule has 0 atom stereocenters. The Morgan fingerprint density at radius 1 is 0.923 bits per heavy atom. The van der Waals surface area contributed by atoms with Crippen LogP contribution < -0.4 is 0 Å². The largest absolute Gasteiger partial charge is 0.251 e. The number of alkyl halides is 2. The quantitative estimate of drug-likeness (QED) is 0.474. The van der Waals surface area contributed by atoms with Crippen LogP contribution in [0, 0.1) is 0 Å². The second-order valence-electron chi connectivity index (χ2n) is 2.76. The maximum atomic E-state index is 12.9. The average molecular weight is 196 g/mol. The van der Waals surface area contributed by atoms with Crippen molar-refractivity contribution in [2.75, 3.05) is 13.3 Å². The molecule has 0 heterocycles. The molecule has 0 aromatic rings. The van der Waals surface area contributed by atoms with Gasteiger partial charge in [0.25, 0.3) is 0 Å². The molecule has 0 aromatic carbocycles. The third-order valence-electron chi connectivity index (χ3n) is 1.61. The van der Waals surface area contributed by atoms with Gasteiger partial charge < -0.3 is 0 Å². The molecule has 76 valence electrons. The predicted octanol–water partition coefficient (Wildman–Crippen LogP) is 3.80. The predicted molar refractivity (Wildman–Crippen MR) is 44.2 cm³/mol. The van der Waals surface area contributed by atoms with Gasteiger partial charge in [-0.2, -0.15) is 0 Å². The van der Waals surface area contributed by atoms with Gasteiger partial charge in [-0.1, -0.05) is 0 Å². The number of hydrogen-bond donors (Lipinski definition) is 0. The van der Waals surface area contributed by atoms with Gasteiger partial charge in [0, 0.05) is 0 Å². The molecular weight excluding hydrogens is 184 g/mol. The lowest BCUT2D eigenvalue weighted by Gasteiger charge is -2.02. The van der Waals surface area contributed by atoms with Crippen LogP contribution in [0.3, 0.4) is 0 Å². The average Bonchev–Trinajstić information content (AvgIpc) is 2.14. The Bertz CT molecular complexity index is 228. The van der Waals surface area contributed by atoms with Crippen LogP contribution in [0.25, 0.3) is 0 Å². The highest BCUT2D eigenvalue weighted by molar-refractivity contribution is 5.28. The first-order valence-corrected chi connectivity index (χ1v) is 3.87. The Labute approximate surface area is 74.9 Å². The van der Waals surface area contributed by atoms with Crippen molar-refractivity contribution in [2.24, 2.45) is 0 Å². The van der Waals surface area contributed by atoms with Gasteiger partial charge in [-0.3, -0.25) is 4.39 Å².